The highest BCUT2D eigenvalue weighted by molar-refractivity contribution is 5.37. The van der Waals surface area contributed by atoms with E-state index in [1.54, 1.807) is 0 Å². The first kappa shape index (κ1) is 17.1. The lowest BCUT2D eigenvalue weighted by atomic mass is 9.85. The Morgan fingerprint density at radius 3 is 2.09 bits per heavy atom. The number of rotatable bonds is 2. The second kappa shape index (κ2) is 6.08. The number of benzene rings is 1. The molecule has 8 heteroatoms. The van der Waals surface area contributed by atoms with Gasteiger partial charge in [-0.15, -0.1) is 0 Å². The molecule has 2 rings (SSSR count). The number of ether oxygens (including phenoxy) is 1. The van der Waals surface area contributed by atoms with Crippen molar-refractivity contribution in [3.63, 3.8) is 0 Å². The molecular formula is C14H15F6NO. The molecule has 2 N–H and O–H groups in total. The molecule has 0 aromatic heterocycles. The summed E-state index contributed by atoms with van der Waals surface area (Å²) in [4.78, 5) is 0. The van der Waals surface area contributed by atoms with Gasteiger partial charge in [0, 0.05) is 19.3 Å². The SMILES string of the molecule is N[C@@H](c1cc(C(F)(F)F)ccc1C(F)(F)F)C1CCOCC1. The van der Waals surface area contributed by atoms with Gasteiger partial charge >= 0.3 is 12.4 Å². The van der Waals surface area contributed by atoms with Crippen molar-refractivity contribution in [3.8, 4) is 0 Å². The molecule has 0 bridgehead atoms. The minimum absolute atomic E-state index is 0.335. The minimum Gasteiger partial charge on any atom is -0.381 e. The van der Waals surface area contributed by atoms with Crippen LogP contribution in [0.15, 0.2) is 18.2 Å². The Balaban J connectivity index is 2.44. The van der Waals surface area contributed by atoms with Crippen LogP contribution in [0.25, 0.3) is 0 Å². The summed E-state index contributed by atoms with van der Waals surface area (Å²) >= 11 is 0. The topological polar surface area (TPSA) is 35.2 Å². The fourth-order valence-corrected chi connectivity index (χ4v) is 2.60. The van der Waals surface area contributed by atoms with Crippen LogP contribution in [0.2, 0.25) is 0 Å². The van der Waals surface area contributed by atoms with Crippen molar-refractivity contribution < 1.29 is 31.1 Å². The molecule has 2 nitrogen and oxygen atoms in total. The van der Waals surface area contributed by atoms with Crippen LogP contribution in [0.3, 0.4) is 0 Å². The van der Waals surface area contributed by atoms with Crippen LogP contribution in [0.5, 0.6) is 0 Å². The largest absolute Gasteiger partial charge is 0.416 e. The van der Waals surface area contributed by atoms with Gasteiger partial charge in [0.25, 0.3) is 0 Å². The molecule has 22 heavy (non-hydrogen) atoms. The Kier molecular flexibility index (Phi) is 4.72. The van der Waals surface area contributed by atoms with Crippen molar-refractivity contribution in [1.82, 2.24) is 0 Å². The highest BCUT2D eigenvalue weighted by Gasteiger charge is 2.39. The zero-order chi connectivity index (χ0) is 16.5. The summed E-state index contributed by atoms with van der Waals surface area (Å²) in [7, 11) is 0. The molecule has 0 aliphatic carbocycles. The van der Waals surface area contributed by atoms with E-state index in [0.29, 0.717) is 44.3 Å². The van der Waals surface area contributed by atoms with Crippen LogP contribution < -0.4 is 5.73 Å². The fraction of sp³-hybridized carbons (Fsp3) is 0.571. The molecule has 1 atom stereocenters. The van der Waals surface area contributed by atoms with E-state index in [1.165, 1.54) is 0 Å². The van der Waals surface area contributed by atoms with E-state index in [9.17, 15) is 26.3 Å². The van der Waals surface area contributed by atoms with E-state index in [1.807, 2.05) is 0 Å². The van der Waals surface area contributed by atoms with Gasteiger partial charge in [-0.25, -0.2) is 0 Å². The van der Waals surface area contributed by atoms with Gasteiger partial charge in [0.1, 0.15) is 0 Å². The Morgan fingerprint density at radius 2 is 1.59 bits per heavy atom. The first-order valence-corrected chi connectivity index (χ1v) is 6.72. The lowest BCUT2D eigenvalue weighted by Gasteiger charge is -2.30. The predicted molar refractivity (Wildman–Crippen MR) is 66.9 cm³/mol. The van der Waals surface area contributed by atoms with Gasteiger partial charge in [-0.3, -0.25) is 0 Å². The van der Waals surface area contributed by atoms with Crippen molar-refractivity contribution in [1.29, 1.82) is 0 Å². The highest BCUT2D eigenvalue weighted by Crippen LogP contribution is 2.40. The molecule has 1 aliphatic rings. The maximum absolute atomic E-state index is 13.0. The van der Waals surface area contributed by atoms with E-state index in [2.05, 4.69) is 0 Å². The number of hydrogen-bond acceptors (Lipinski definition) is 2. The predicted octanol–water partition coefficient (Wildman–Crippen LogP) is 4.15. The molecule has 0 spiro atoms. The maximum Gasteiger partial charge on any atom is 0.416 e. The third-order valence-corrected chi connectivity index (χ3v) is 3.82. The smallest absolute Gasteiger partial charge is 0.381 e. The minimum atomic E-state index is -4.75. The molecule has 0 amide bonds. The van der Waals surface area contributed by atoms with Crippen molar-refractivity contribution in [2.24, 2.45) is 11.7 Å². The molecule has 0 unspecified atom stereocenters. The fourth-order valence-electron chi connectivity index (χ4n) is 2.60. The van der Waals surface area contributed by atoms with Gasteiger partial charge in [0.05, 0.1) is 11.1 Å². The Labute approximate surface area is 123 Å². The van der Waals surface area contributed by atoms with Gasteiger partial charge in [-0.05, 0) is 42.5 Å². The molecular weight excluding hydrogens is 312 g/mol. The lowest BCUT2D eigenvalue weighted by molar-refractivity contribution is -0.142. The second-order valence-electron chi connectivity index (χ2n) is 5.27. The maximum atomic E-state index is 13.0. The normalized spacial score (nSPS) is 19.2. The zero-order valence-corrected chi connectivity index (χ0v) is 11.5. The molecule has 1 fully saturated rings. The Hall–Kier alpha value is -1.28. The van der Waals surface area contributed by atoms with Crippen LogP contribution in [-0.2, 0) is 17.1 Å². The van der Waals surface area contributed by atoms with Crippen molar-refractivity contribution in [3.05, 3.63) is 34.9 Å². The average Bonchev–Trinajstić information content (AvgIpc) is 2.45. The molecule has 1 aliphatic heterocycles. The van der Waals surface area contributed by atoms with E-state index < -0.39 is 35.1 Å². The highest BCUT2D eigenvalue weighted by atomic mass is 19.4. The summed E-state index contributed by atoms with van der Waals surface area (Å²) in [5, 5.41) is 0. The third-order valence-electron chi connectivity index (χ3n) is 3.82. The quantitative estimate of drug-likeness (QED) is 0.828. The number of nitrogens with two attached hydrogens (primary N) is 1. The Morgan fingerprint density at radius 1 is 1.00 bits per heavy atom. The van der Waals surface area contributed by atoms with Crippen LogP contribution in [0.4, 0.5) is 26.3 Å². The summed E-state index contributed by atoms with van der Waals surface area (Å²) in [6, 6.07) is 0.298. The van der Waals surface area contributed by atoms with Crippen molar-refractivity contribution in [2.75, 3.05) is 13.2 Å². The standard InChI is InChI=1S/C14H15F6NO/c15-13(16,17)9-1-2-11(14(18,19)20)10(7-9)12(21)8-3-5-22-6-4-8/h1-2,7-8,12H,3-6,21H2/t12-/m1/s1. The molecule has 1 aromatic carbocycles. The second-order valence-corrected chi connectivity index (χ2v) is 5.27. The summed E-state index contributed by atoms with van der Waals surface area (Å²) in [5.41, 5.74) is 3.11. The van der Waals surface area contributed by atoms with Crippen LogP contribution in [-0.4, -0.2) is 13.2 Å². The first-order valence-electron chi connectivity index (χ1n) is 6.72. The van der Waals surface area contributed by atoms with E-state index in [0.717, 1.165) is 0 Å². The molecule has 1 heterocycles. The first-order chi connectivity index (χ1) is 10.1. The van der Waals surface area contributed by atoms with Gasteiger partial charge in [0.15, 0.2) is 0 Å². The third kappa shape index (κ3) is 3.73. The van der Waals surface area contributed by atoms with E-state index in [-0.39, 0.29) is 5.92 Å². The van der Waals surface area contributed by atoms with Gasteiger partial charge < -0.3 is 10.5 Å². The lowest BCUT2D eigenvalue weighted by Crippen LogP contribution is -2.29. The summed E-state index contributed by atoms with van der Waals surface area (Å²) in [6.45, 7) is 0.692. The molecule has 0 radical (unpaired) electrons. The van der Waals surface area contributed by atoms with Gasteiger partial charge in [0.2, 0.25) is 0 Å². The number of halogens is 6. The number of alkyl halides is 6. The molecule has 124 valence electrons. The average molecular weight is 327 g/mol. The van der Waals surface area contributed by atoms with Crippen LogP contribution in [0.1, 0.15) is 35.6 Å². The molecule has 1 aromatic rings. The summed E-state index contributed by atoms with van der Waals surface area (Å²) in [5.74, 6) is -0.335. The van der Waals surface area contributed by atoms with Crippen LogP contribution in [0, 0.1) is 5.92 Å². The monoisotopic (exact) mass is 327 g/mol. The van der Waals surface area contributed by atoms with Crippen LogP contribution >= 0.6 is 0 Å². The summed E-state index contributed by atoms with van der Waals surface area (Å²) < 4.78 is 82.5. The van der Waals surface area contributed by atoms with Gasteiger partial charge in [-0.2, -0.15) is 26.3 Å². The van der Waals surface area contributed by atoms with Crippen molar-refractivity contribution in [2.45, 2.75) is 31.2 Å². The molecule has 0 saturated carbocycles. The van der Waals surface area contributed by atoms with Crippen molar-refractivity contribution >= 4 is 0 Å². The zero-order valence-electron chi connectivity index (χ0n) is 11.5. The van der Waals surface area contributed by atoms with E-state index >= 15 is 0 Å². The summed E-state index contributed by atoms with van der Waals surface area (Å²) in [6.07, 6.45) is -8.61. The molecule has 1 saturated heterocycles. The number of hydrogen-bond donors (Lipinski definition) is 1. The Bertz CT molecular complexity index is 519. The van der Waals surface area contributed by atoms with E-state index in [4.69, 9.17) is 10.5 Å². The van der Waals surface area contributed by atoms with Gasteiger partial charge in [-0.1, -0.05) is 0 Å².